The molecule has 64 heavy (non-hydrogen) atoms. The number of nitrogens with one attached hydrogen (secondary N) is 3. The first-order valence-electron chi connectivity index (χ1n) is 21.5. The van der Waals surface area contributed by atoms with Crippen LogP contribution in [0.15, 0.2) is 115 Å². The zero-order valence-corrected chi connectivity index (χ0v) is 37.5. The van der Waals surface area contributed by atoms with Gasteiger partial charge in [0.05, 0.1) is 22.5 Å². The first-order valence-corrected chi connectivity index (χ1v) is 23.9. The standard InChI is InChI=1S/C47H51N6O9PS/c1-46(2,3)60-45(57)50-37-25-14-6-4-5-9-18-31-29-47(31,44(56)52-63(58,61-32-19-10-7-11-20-32)62-33-21-12-8-13-22-33)51-41(54)38-28-34(30-53(38)43(37)55)59-42-40(39-26-17-27-64-39)48-35-23-15-16-24-36(35)49-42/h7-13,15-24,26-27,31,34,37-38H,4-6,14,25,28-30H2,1-3H3,(H,50,57)(H,51,54)(H,52,56,58)/b18-9-/t31?,34-,37+,38+,47-/m1/s1. The molecular formula is C47H51N6O9PS. The molecule has 0 radical (unpaired) electrons. The van der Waals surface area contributed by atoms with Crippen LogP contribution < -0.4 is 29.5 Å². The van der Waals surface area contributed by atoms with Gasteiger partial charge in [0.1, 0.15) is 46.5 Å². The van der Waals surface area contributed by atoms with E-state index in [4.69, 9.17) is 28.5 Å². The molecule has 3 aromatic carbocycles. The molecule has 4 heterocycles. The van der Waals surface area contributed by atoms with Crippen molar-refractivity contribution in [3.8, 4) is 28.0 Å². The van der Waals surface area contributed by atoms with Crippen molar-refractivity contribution in [1.29, 1.82) is 0 Å². The monoisotopic (exact) mass is 906 g/mol. The van der Waals surface area contributed by atoms with Crippen LogP contribution in [0.3, 0.4) is 0 Å². The van der Waals surface area contributed by atoms with E-state index in [2.05, 4.69) is 15.7 Å². The highest BCUT2D eigenvalue weighted by Crippen LogP contribution is 2.50. The second-order valence-electron chi connectivity index (χ2n) is 17.1. The second-order valence-corrected chi connectivity index (χ2v) is 19.6. The van der Waals surface area contributed by atoms with Crippen LogP contribution >= 0.6 is 19.1 Å². The minimum atomic E-state index is -4.48. The molecule has 15 nitrogen and oxygen atoms in total. The van der Waals surface area contributed by atoms with Crippen molar-refractivity contribution in [3.63, 3.8) is 0 Å². The van der Waals surface area contributed by atoms with Crippen molar-refractivity contribution in [2.24, 2.45) is 5.92 Å². The SMILES string of the molecule is CC(C)(C)OC(=O)N[C@H]1CCCCC/C=C\C2C[C@@]2(C(=O)NP(=O)(Oc2ccccc2)Oc2ccccc2)NC(=O)[C@@H]2C[C@@H](Oc3nc4ccccc4nc3-c3cccs3)CN2C1=O. The Balaban J connectivity index is 1.12. The Hall–Kier alpha value is -6.25. The number of alkyl carbamates (subject to hydrolysis) is 1. The molecule has 1 saturated carbocycles. The van der Waals surface area contributed by atoms with Gasteiger partial charge in [-0.1, -0.05) is 79.6 Å². The number of hydrogen-bond acceptors (Lipinski definition) is 12. The van der Waals surface area contributed by atoms with Gasteiger partial charge in [-0.05, 0) is 94.3 Å². The van der Waals surface area contributed by atoms with Crippen LogP contribution in [0.2, 0.25) is 0 Å². The Morgan fingerprint density at radius 3 is 2.20 bits per heavy atom. The third kappa shape index (κ3) is 10.6. The average Bonchev–Trinajstić information content (AvgIpc) is 3.54. The number of para-hydroxylation sites is 4. The molecule has 1 unspecified atom stereocenters. The van der Waals surface area contributed by atoms with Crippen molar-refractivity contribution in [3.05, 3.63) is 115 Å². The highest BCUT2D eigenvalue weighted by Gasteiger charge is 2.62. The molecule has 1 aliphatic carbocycles. The molecule has 334 valence electrons. The molecule has 2 fully saturated rings. The number of thiophene rings is 1. The molecule has 3 N–H and O–H groups in total. The molecule has 5 aromatic rings. The van der Waals surface area contributed by atoms with Gasteiger partial charge in [-0.25, -0.2) is 24.4 Å². The van der Waals surface area contributed by atoms with Gasteiger partial charge in [0.2, 0.25) is 17.7 Å². The van der Waals surface area contributed by atoms with Crippen molar-refractivity contribution in [1.82, 2.24) is 30.6 Å². The number of nitrogens with zero attached hydrogens (tertiary/aromatic N) is 3. The minimum Gasteiger partial charge on any atom is -0.471 e. The summed E-state index contributed by atoms with van der Waals surface area (Å²) in [4.78, 5) is 69.5. The summed E-state index contributed by atoms with van der Waals surface area (Å²) in [5.41, 5.74) is -0.616. The molecule has 0 bridgehead atoms. The van der Waals surface area contributed by atoms with E-state index in [9.17, 15) is 23.7 Å². The lowest BCUT2D eigenvalue weighted by molar-refractivity contribution is -0.141. The zero-order chi connectivity index (χ0) is 44.9. The number of amides is 4. The maximum atomic E-state index is 14.9. The Bertz CT molecular complexity index is 2510. The van der Waals surface area contributed by atoms with E-state index in [0.29, 0.717) is 36.0 Å². The summed E-state index contributed by atoms with van der Waals surface area (Å²) in [6.45, 7) is 5.16. The van der Waals surface area contributed by atoms with E-state index < -0.39 is 66.8 Å². The van der Waals surface area contributed by atoms with Crippen LogP contribution in [0.4, 0.5) is 4.79 Å². The Kier molecular flexibility index (Phi) is 13.1. The van der Waals surface area contributed by atoms with Gasteiger partial charge in [0.25, 0.3) is 5.91 Å². The Morgan fingerprint density at radius 2 is 1.55 bits per heavy atom. The van der Waals surface area contributed by atoms with E-state index >= 15 is 0 Å². The van der Waals surface area contributed by atoms with Crippen LogP contribution in [-0.2, 0) is 23.7 Å². The number of allylic oxidation sites excluding steroid dienone is 1. The number of aromatic nitrogens is 2. The van der Waals surface area contributed by atoms with Gasteiger partial charge in [-0.3, -0.25) is 14.4 Å². The molecule has 2 aliphatic heterocycles. The smallest absolute Gasteiger partial charge is 0.471 e. The quantitative estimate of drug-likeness (QED) is 0.0903. The summed E-state index contributed by atoms with van der Waals surface area (Å²) in [5, 5.41) is 10.2. The molecule has 8 rings (SSSR count). The van der Waals surface area contributed by atoms with E-state index in [-0.39, 0.29) is 36.8 Å². The summed E-state index contributed by atoms with van der Waals surface area (Å²) in [6.07, 6.45) is 5.63. The fraction of sp³-hybridized carbons (Fsp3) is 0.362. The molecule has 0 spiro atoms. The number of fused-ring (bicyclic) bond motifs is 3. The van der Waals surface area contributed by atoms with Crippen molar-refractivity contribution in [2.45, 2.75) is 95.0 Å². The van der Waals surface area contributed by atoms with Gasteiger partial charge in [0, 0.05) is 12.3 Å². The van der Waals surface area contributed by atoms with Crippen LogP contribution in [0.5, 0.6) is 17.4 Å². The van der Waals surface area contributed by atoms with Crippen LogP contribution in [-0.4, -0.2) is 74.6 Å². The summed E-state index contributed by atoms with van der Waals surface area (Å²) < 4.78 is 38.5. The predicted molar refractivity (Wildman–Crippen MR) is 242 cm³/mol. The summed E-state index contributed by atoms with van der Waals surface area (Å²) in [6, 6.07) is 25.7. The topological polar surface area (TPSA) is 187 Å². The fourth-order valence-corrected chi connectivity index (χ4v) is 10.0. The third-order valence-corrected chi connectivity index (χ3v) is 13.3. The zero-order valence-electron chi connectivity index (χ0n) is 35.8. The van der Waals surface area contributed by atoms with E-state index in [0.717, 1.165) is 17.7 Å². The maximum Gasteiger partial charge on any atom is 0.543 e. The van der Waals surface area contributed by atoms with Crippen molar-refractivity contribution >= 4 is 53.9 Å². The first kappa shape index (κ1) is 44.4. The van der Waals surface area contributed by atoms with Gasteiger partial charge >= 0.3 is 13.8 Å². The maximum absolute atomic E-state index is 14.9. The summed E-state index contributed by atoms with van der Waals surface area (Å²) in [7, 11) is -4.48. The largest absolute Gasteiger partial charge is 0.543 e. The van der Waals surface area contributed by atoms with E-state index in [1.54, 1.807) is 81.4 Å². The number of ether oxygens (including phenoxy) is 2. The average molecular weight is 907 g/mol. The molecule has 2 aromatic heterocycles. The highest BCUT2D eigenvalue weighted by atomic mass is 32.1. The van der Waals surface area contributed by atoms with Crippen molar-refractivity contribution in [2.75, 3.05) is 6.54 Å². The number of benzene rings is 3. The molecule has 4 amide bonds. The third-order valence-electron chi connectivity index (χ3n) is 11.1. The molecule has 5 atom stereocenters. The fourth-order valence-electron chi connectivity index (χ4n) is 7.94. The predicted octanol–water partition coefficient (Wildman–Crippen LogP) is 8.38. The van der Waals surface area contributed by atoms with Crippen LogP contribution in [0.1, 0.15) is 65.7 Å². The van der Waals surface area contributed by atoms with Gasteiger partial charge in [-0.15, -0.1) is 11.3 Å². The van der Waals surface area contributed by atoms with Gasteiger partial charge in [-0.2, -0.15) is 0 Å². The number of hydrogen-bond donors (Lipinski definition) is 3. The second kappa shape index (κ2) is 18.8. The molecule has 17 heteroatoms. The number of carbonyl (C=O) groups is 4. The summed E-state index contributed by atoms with van der Waals surface area (Å²) >= 11 is 1.47. The molecular weight excluding hydrogens is 856 g/mol. The molecule has 1 saturated heterocycles. The summed E-state index contributed by atoms with van der Waals surface area (Å²) in [5.74, 6) is -1.78. The lowest BCUT2D eigenvalue weighted by Gasteiger charge is -2.30. The van der Waals surface area contributed by atoms with E-state index in [1.165, 1.54) is 16.2 Å². The van der Waals surface area contributed by atoms with E-state index in [1.807, 2.05) is 53.9 Å². The first-order chi connectivity index (χ1) is 30.8. The van der Waals surface area contributed by atoms with Crippen LogP contribution in [0.25, 0.3) is 21.6 Å². The van der Waals surface area contributed by atoms with Crippen molar-refractivity contribution < 1.29 is 42.3 Å². The normalized spacial score (nSPS) is 23.3. The number of rotatable bonds is 10. The molecule has 3 aliphatic rings. The lowest BCUT2D eigenvalue weighted by atomic mass is 10.0. The lowest BCUT2D eigenvalue weighted by Crippen LogP contribution is -2.57. The number of carbonyl (C=O) groups excluding carboxylic acids is 4. The minimum absolute atomic E-state index is 0.0139. The Labute approximate surface area is 375 Å². The van der Waals surface area contributed by atoms with Gasteiger partial charge in [0.15, 0.2) is 0 Å². The van der Waals surface area contributed by atoms with Crippen LogP contribution in [0, 0.1) is 5.92 Å². The Morgan fingerprint density at radius 1 is 0.875 bits per heavy atom. The highest BCUT2D eigenvalue weighted by molar-refractivity contribution is 7.53. The van der Waals surface area contributed by atoms with Gasteiger partial charge < -0.3 is 34.1 Å².